The van der Waals surface area contributed by atoms with Crippen LogP contribution >= 0.6 is 0 Å². The quantitative estimate of drug-likeness (QED) is 0.274. The summed E-state index contributed by atoms with van der Waals surface area (Å²) in [7, 11) is 0. The monoisotopic (exact) mass is 521 g/mol. The van der Waals surface area contributed by atoms with Crippen molar-refractivity contribution in [2.75, 3.05) is 5.32 Å². The average Bonchev–Trinajstić information content (AvgIpc) is 2.90. The van der Waals surface area contributed by atoms with Crippen molar-refractivity contribution in [2.45, 2.75) is 52.2 Å². The maximum absolute atomic E-state index is 13.9. The SMILES string of the molecule is Cc1cc(-c2ccc(NC(=O)[C@@H](NC(=O)OC(C)(C)C)C(c3ccccc3)c3ccccc3)cc2)c(C)cn1. The second-order valence-corrected chi connectivity index (χ2v) is 10.6. The van der Waals surface area contributed by atoms with Gasteiger partial charge in [-0.1, -0.05) is 72.8 Å². The van der Waals surface area contributed by atoms with Crippen LogP contribution in [-0.2, 0) is 9.53 Å². The molecule has 0 fully saturated rings. The lowest BCUT2D eigenvalue weighted by molar-refractivity contribution is -0.118. The normalized spacial score (nSPS) is 12.1. The second kappa shape index (κ2) is 11.9. The van der Waals surface area contributed by atoms with Gasteiger partial charge in [-0.05, 0) is 80.6 Å². The molecule has 2 N–H and O–H groups in total. The van der Waals surface area contributed by atoms with Crippen LogP contribution < -0.4 is 10.6 Å². The molecular formula is C33H35N3O3. The minimum absolute atomic E-state index is 0.345. The maximum atomic E-state index is 13.9. The molecule has 4 rings (SSSR count). The molecule has 0 unspecified atom stereocenters. The van der Waals surface area contributed by atoms with Crippen molar-refractivity contribution in [2.24, 2.45) is 0 Å². The van der Waals surface area contributed by atoms with Crippen LogP contribution in [0.25, 0.3) is 11.1 Å². The van der Waals surface area contributed by atoms with Crippen molar-refractivity contribution < 1.29 is 14.3 Å². The Morgan fingerprint density at radius 1 is 0.821 bits per heavy atom. The molecule has 0 spiro atoms. The summed E-state index contributed by atoms with van der Waals surface area (Å²) in [5.41, 5.74) is 5.87. The number of benzene rings is 3. The van der Waals surface area contributed by atoms with Crippen LogP contribution in [0.4, 0.5) is 10.5 Å². The van der Waals surface area contributed by atoms with Gasteiger partial charge in [0, 0.05) is 23.5 Å². The standard InChI is InChI=1S/C33H35N3O3/c1-22-21-34-23(2)20-28(22)24-16-18-27(19-17-24)35-31(37)30(36-32(38)39-33(3,4)5)29(25-12-8-6-9-13-25)26-14-10-7-11-15-26/h6-21,29-30H,1-5H3,(H,35,37)(H,36,38)/t30-/m0/s1. The molecule has 0 saturated heterocycles. The maximum Gasteiger partial charge on any atom is 0.408 e. The van der Waals surface area contributed by atoms with Crippen molar-refractivity contribution in [3.05, 3.63) is 120 Å². The largest absolute Gasteiger partial charge is 0.444 e. The molecule has 6 nitrogen and oxygen atoms in total. The highest BCUT2D eigenvalue weighted by atomic mass is 16.6. The third-order valence-corrected chi connectivity index (χ3v) is 6.31. The third kappa shape index (κ3) is 7.32. The number of carbonyl (C=O) groups excluding carboxylic acids is 2. The number of ether oxygens (including phenoxy) is 1. The summed E-state index contributed by atoms with van der Waals surface area (Å²) in [5, 5.41) is 5.87. The van der Waals surface area contributed by atoms with Crippen molar-refractivity contribution in [3.63, 3.8) is 0 Å². The first-order valence-corrected chi connectivity index (χ1v) is 13.0. The summed E-state index contributed by atoms with van der Waals surface area (Å²) in [6.07, 6.45) is 1.21. The number of hydrogen-bond acceptors (Lipinski definition) is 4. The molecule has 0 saturated carbocycles. The van der Waals surface area contributed by atoms with E-state index in [2.05, 4.69) is 15.6 Å². The molecule has 2 amide bonds. The van der Waals surface area contributed by atoms with E-state index in [1.54, 1.807) is 20.8 Å². The summed E-state index contributed by atoms with van der Waals surface area (Å²) >= 11 is 0. The van der Waals surface area contributed by atoms with E-state index in [0.717, 1.165) is 33.5 Å². The Kier molecular flexibility index (Phi) is 8.45. The lowest BCUT2D eigenvalue weighted by Crippen LogP contribution is -2.49. The number of amides is 2. The first kappa shape index (κ1) is 27.6. The molecule has 1 heterocycles. The minimum atomic E-state index is -0.936. The van der Waals surface area contributed by atoms with E-state index in [-0.39, 0.29) is 5.91 Å². The Morgan fingerprint density at radius 3 is 1.92 bits per heavy atom. The van der Waals surface area contributed by atoms with E-state index in [9.17, 15) is 9.59 Å². The number of aromatic nitrogens is 1. The van der Waals surface area contributed by atoms with E-state index in [4.69, 9.17) is 4.74 Å². The number of carbonyl (C=O) groups is 2. The number of nitrogens with one attached hydrogen (secondary N) is 2. The van der Waals surface area contributed by atoms with E-state index in [1.807, 2.05) is 111 Å². The second-order valence-electron chi connectivity index (χ2n) is 10.6. The fourth-order valence-electron chi connectivity index (χ4n) is 4.53. The van der Waals surface area contributed by atoms with Crippen LogP contribution in [0.2, 0.25) is 0 Å². The number of pyridine rings is 1. The first-order chi connectivity index (χ1) is 18.6. The van der Waals surface area contributed by atoms with Crippen molar-refractivity contribution in [1.82, 2.24) is 10.3 Å². The van der Waals surface area contributed by atoms with Crippen molar-refractivity contribution in [3.8, 4) is 11.1 Å². The van der Waals surface area contributed by atoms with Gasteiger partial charge in [0.1, 0.15) is 11.6 Å². The number of aryl methyl sites for hydroxylation is 2. The molecule has 39 heavy (non-hydrogen) atoms. The molecular weight excluding hydrogens is 486 g/mol. The highest BCUT2D eigenvalue weighted by Gasteiger charge is 2.34. The summed E-state index contributed by atoms with van der Waals surface area (Å²) in [6.45, 7) is 9.37. The number of anilines is 1. The Bertz CT molecular complexity index is 1370. The van der Waals surface area contributed by atoms with Crippen LogP contribution in [0.1, 0.15) is 49.1 Å². The lowest BCUT2D eigenvalue weighted by atomic mass is 9.84. The van der Waals surface area contributed by atoms with Crippen LogP contribution in [0.3, 0.4) is 0 Å². The van der Waals surface area contributed by atoms with E-state index in [0.29, 0.717) is 5.69 Å². The molecule has 3 aromatic carbocycles. The smallest absolute Gasteiger partial charge is 0.408 e. The van der Waals surface area contributed by atoms with E-state index < -0.39 is 23.7 Å². The number of alkyl carbamates (subject to hydrolysis) is 1. The molecule has 0 bridgehead atoms. The zero-order valence-corrected chi connectivity index (χ0v) is 23.1. The van der Waals surface area contributed by atoms with Crippen molar-refractivity contribution >= 4 is 17.7 Å². The predicted octanol–water partition coefficient (Wildman–Crippen LogP) is 7.03. The average molecular weight is 522 g/mol. The highest BCUT2D eigenvalue weighted by molar-refractivity contribution is 5.98. The molecule has 1 atom stereocenters. The summed E-state index contributed by atoms with van der Waals surface area (Å²) in [6, 6.07) is 28.2. The number of rotatable bonds is 7. The number of hydrogen-bond donors (Lipinski definition) is 2. The topological polar surface area (TPSA) is 80.3 Å². The van der Waals surface area contributed by atoms with Crippen molar-refractivity contribution in [1.29, 1.82) is 0 Å². The zero-order valence-electron chi connectivity index (χ0n) is 23.1. The molecule has 4 aromatic rings. The van der Waals surface area contributed by atoms with Gasteiger partial charge in [0.05, 0.1) is 0 Å². The summed E-state index contributed by atoms with van der Waals surface area (Å²) in [4.78, 5) is 31.2. The predicted molar refractivity (Wildman–Crippen MR) is 156 cm³/mol. The van der Waals surface area contributed by atoms with Gasteiger partial charge in [-0.15, -0.1) is 0 Å². The van der Waals surface area contributed by atoms with Gasteiger partial charge in [-0.3, -0.25) is 9.78 Å². The van der Waals surface area contributed by atoms with Crippen LogP contribution in [0.5, 0.6) is 0 Å². The fraction of sp³-hybridized carbons (Fsp3) is 0.242. The molecule has 0 aliphatic heterocycles. The summed E-state index contributed by atoms with van der Waals surface area (Å²) in [5.74, 6) is -0.788. The van der Waals surface area contributed by atoms with Gasteiger partial charge in [0.15, 0.2) is 0 Å². The third-order valence-electron chi connectivity index (χ3n) is 6.31. The van der Waals surface area contributed by atoms with Crippen LogP contribution in [0, 0.1) is 13.8 Å². The van der Waals surface area contributed by atoms with E-state index >= 15 is 0 Å². The van der Waals surface area contributed by atoms with Crippen LogP contribution in [0.15, 0.2) is 97.2 Å². The molecule has 200 valence electrons. The van der Waals surface area contributed by atoms with Gasteiger partial charge in [-0.25, -0.2) is 4.79 Å². The minimum Gasteiger partial charge on any atom is -0.444 e. The van der Waals surface area contributed by atoms with Gasteiger partial charge in [0.25, 0.3) is 0 Å². The highest BCUT2D eigenvalue weighted by Crippen LogP contribution is 2.30. The Morgan fingerprint density at radius 2 is 1.38 bits per heavy atom. The molecule has 6 heteroatoms. The van der Waals surface area contributed by atoms with Gasteiger partial charge >= 0.3 is 6.09 Å². The first-order valence-electron chi connectivity index (χ1n) is 13.0. The zero-order chi connectivity index (χ0) is 28.0. The molecule has 0 radical (unpaired) electrons. The fourth-order valence-corrected chi connectivity index (χ4v) is 4.53. The molecule has 1 aromatic heterocycles. The Labute approximate surface area is 230 Å². The van der Waals surface area contributed by atoms with Gasteiger partial charge < -0.3 is 15.4 Å². The Balaban J connectivity index is 1.66. The lowest BCUT2D eigenvalue weighted by Gasteiger charge is -2.29. The Hall–Kier alpha value is -4.45. The molecule has 0 aliphatic rings. The molecule has 0 aliphatic carbocycles. The van der Waals surface area contributed by atoms with E-state index in [1.165, 1.54) is 0 Å². The van der Waals surface area contributed by atoms with Crippen LogP contribution in [-0.4, -0.2) is 28.6 Å². The van der Waals surface area contributed by atoms with Gasteiger partial charge in [0.2, 0.25) is 5.91 Å². The van der Waals surface area contributed by atoms with Gasteiger partial charge in [-0.2, -0.15) is 0 Å². The summed E-state index contributed by atoms with van der Waals surface area (Å²) < 4.78 is 5.54. The number of nitrogens with zero attached hydrogens (tertiary/aromatic N) is 1.